The Balaban J connectivity index is 2.27. The van der Waals surface area contributed by atoms with E-state index in [-0.39, 0.29) is 10.6 Å². The predicted molar refractivity (Wildman–Crippen MR) is 105 cm³/mol. The van der Waals surface area contributed by atoms with Crippen molar-refractivity contribution in [2.45, 2.75) is 6.92 Å². The molecule has 0 bridgehead atoms. The van der Waals surface area contributed by atoms with Gasteiger partial charge in [0.05, 0.1) is 29.6 Å². The first-order valence-electron chi connectivity index (χ1n) is 7.78. The van der Waals surface area contributed by atoms with Crippen LogP contribution < -0.4 is 9.62 Å². The number of halogens is 1. The highest BCUT2D eigenvalue weighted by Gasteiger charge is 2.17. The van der Waals surface area contributed by atoms with E-state index in [0.717, 1.165) is 10.6 Å². The van der Waals surface area contributed by atoms with Gasteiger partial charge in [-0.05, 0) is 48.9 Å². The van der Waals surface area contributed by atoms with E-state index in [4.69, 9.17) is 11.6 Å². The SMILES string of the molecule is COC(=O)c1cc(NC(=O)c2ccc(N(C)S(C)(=O)=O)c(C)c2)ccc1Cl. The molecule has 0 aliphatic rings. The summed E-state index contributed by atoms with van der Waals surface area (Å²) >= 11 is 5.96. The van der Waals surface area contributed by atoms with Gasteiger partial charge in [-0.2, -0.15) is 0 Å². The molecule has 0 aliphatic heterocycles. The molecular formula is C18H19ClN2O5S. The third-order valence-corrected chi connectivity index (χ3v) is 5.45. The molecule has 0 aliphatic carbocycles. The van der Waals surface area contributed by atoms with Gasteiger partial charge in [0.15, 0.2) is 0 Å². The number of amides is 1. The van der Waals surface area contributed by atoms with E-state index in [1.165, 1.54) is 32.4 Å². The summed E-state index contributed by atoms with van der Waals surface area (Å²) in [5, 5.41) is 2.89. The summed E-state index contributed by atoms with van der Waals surface area (Å²) in [6, 6.07) is 9.14. The number of ether oxygens (including phenoxy) is 1. The number of methoxy groups -OCH3 is 1. The lowest BCUT2D eigenvalue weighted by Crippen LogP contribution is -2.25. The number of sulfonamides is 1. The Bertz CT molecular complexity index is 1000. The standard InChI is InChI=1S/C18H19ClN2O5S/c1-11-9-12(5-8-16(11)21(2)27(4,24)25)17(22)20-13-6-7-15(19)14(10-13)18(23)26-3/h5-10H,1-4H3,(H,20,22). The normalized spacial score (nSPS) is 11.0. The highest BCUT2D eigenvalue weighted by Crippen LogP contribution is 2.24. The van der Waals surface area contributed by atoms with Crippen LogP contribution in [0.2, 0.25) is 5.02 Å². The Morgan fingerprint density at radius 2 is 1.81 bits per heavy atom. The van der Waals surface area contributed by atoms with Crippen LogP contribution in [0.15, 0.2) is 36.4 Å². The third-order valence-electron chi connectivity index (χ3n) is 3.93. The Hall–Kier alpha value is -2.58. The number of esters is 1. The lowest BCUT2D eigenvalue weighted by Gasteiger charge is -2.19. The zero-order chi connectivity index (χ0) is 20.4. The molecule has 1 amide bonds. The Morgan fingerprint density at radius 1 is 1.15 bits per heavy atom. The summed E-state index contributed by atoms with van der Waals surface area (Å²) in [6.45, 7) is 1.71. The largest absolute Gasteiger partial charge is 0.465 e. The fourth-order valence-electron chi connectivity index (χ4n) is 2.40. The number of carbonyl (C=O) groups is 2. The van der Waals surface area contributed by atoms with Crippen LogP contribution in [-0.2, 0) is 14.8 Å². The molecule has 0 unspecified atom stereocenters. The van der Waals surface area contributed by atoms with E-state index in [9.17, 15) is 18.0 Å². The number of nitrogens with one attached hydrogen (secondary N) is 1. The lowest BCUT2D eigenvalue weighted by molar-refractivity contribution is 0.0600. The maximum absolute atomic E-state index is 12.5. The van der Waals surface area contributed by atoms with E-state index in [1.54, 1.807) is 25.1 Å². The Labute approximate surface area is 162 Å². The van der Waals surface area contributed by atoms with Crippen molar-refractivity contribution in [3.63, 3.8) is 0 Å². The monoisotopic (exact) mass is 410 g/mol. The molecule has 0 fully saturated rings. The van der Waals surface area contributed by atoms with Crippen molar-refractivity contribution in [1.82, 2.24) is 0 Å². The first kappa shape index (κ1) is 20.7. The maximum Gasteiger partial charge on any atom is 0.339 e. The highest BCUT2D eigenvalue weighted by molar-refractivity contribution is 7.92. The van der Waals surface area contributed by atoms with Crippen LogP contribution in [0.4, 0.5) is 11.4 Å². The quantitative estimate of drug-likeness (QED) is 0.764. The minimum atomic E-state index is -3.40. The van der Waals surface area contributed by atoms with Crippen molar-refractivity contribution in [2.24, 2.45) is 0 Å². The van der Waals surface area contributed by atoms with Crippen molar-refractivity contribution in [3.8, 4) is 0 Å². The van der Waals surface area contributed by atoms with Crippen molar-refractivity contribution in [3.05, 3.63) is 58.1 Å². The first-order valence-corrected chi connectivity index (χ1v) is 10.0. The second kappa shape index (κ2) is 7.98. The molecule has 0 aromatic heterocycles. The fraction of sp³-hybridized carbons (Fsp3) is 0.222. The van der Waals surface area contributed by atoms with E-state index in [0.29, 0.717) is 22.5 Å². The number of nitrogens with zero attached hydrogens (tertiary/aromatic N) is 1. The van der Waals surface area contributed by atoms with Gasteiger partial charge >= 0.3 is 5.97 Å². The van der Waals surface area contributed by atoms with Crippen LogP contribution in [0, 0.1) is 6.92 Å². The van der Waals surface area contributed by atoms with Crippen molar-refractivity contribution in [2.75, 3.05) is 30.0 Å². The number of carbonyl (C=O) groups excluding carboxylic acids is 2. The van der Waals surface area contributed by atoms with Gasteiger partial charge < -0.3 is 10.1 Å². The number of aryl methyl sites for hydroxylation is 1. The molecular weight excluding hydrogens is 392 g/mol. The van der Waals surface area contributed by atoms with E-state index in [2.05, 4.69) is 10.1 Å². The molecule has 7 nitrogen and oxygen atoms in total. The van der Waals surface area contributed by atoms with Gasteiger partial charge in [0.25, 0.3) is 5.91 Å². The lowest BCUT2D eigenvalue weighted by atomic mass is 10.1. The van der Waals surface area contributed by atoms with Crippen LogP contribution in [-0.4, -0.2) is 40.7 Å². The van der Waals surface area contributed by atoms with Crippen molar-refractivity contribution >= 4 is 44.9 Å². The molecule has 144 valence electrons. The van der Waals surface area contributed by atoms with E-state index in [1.807, 2.05) is 0 Å². The van der Waals surface area contributed by atoms with Gasteiger partial charge in [-0.3, -0.25) is 9.10 Å². The van der Waals surface area contributed by atoms with E-state index >= 15 is 0 Å². The Morgan fingerprint density at radius 3 is 2.37 bits per heavy atom. The average molecular weight is 411 g/mol. The van der Waals surface area contributed by atoms with Crippen molar-refractivity contribution in [1.29, 1.82) is 0 Å². The van der Waals surface area contributed by atoms with Crippen LogP contribution in [0.25, 0.3) is 0 Å². The molecule has 27 heavy (non-hydrogen) atoms. The van der Waals surface area contributed by atoms with Crippen molar-refractivity contribution < 1.29 is 22.7 Å². The predicted octanol–water partition coefficient (Wildman–Crippen LogP) is 3.08. The van der Waals surface area contributed by atoms with Gasteiger partial charge in [-0.15, -0.1) is 0 Å². The zero-order valence-electron chi connectivity index (χ0n) is 15.2. The Kier molecular flexibility index (Phi) is 6.12. The summed E-state index contributed by atoms with van der Waals surface area (Å²) in [5.41, 5.74) is 1.96. The summed E-state index contributed by atoms with van der Waals surface area (Å²) in [4.78, 5) is 24.2. The third kappa shape index (κ3) is 4.78. The van der Waals surface area contributed by atoms with Gasteiger partial charge in [-0.25, -0.2) is 13.2 Å². The number of rotatable bonds is 5. The first-order chi connectivity index (χ1) is 12.5. The summed E-state index contributed by atoms with van der Waals surface area (Å²) in [6.07, 6.45) is 1.10. The molecule has 1 N–H and O–H groups in total. The van der Waals surface area contributed by atoms with Crippen LogP contribution in [0.5, 0.6) is 0 Å². The molecule has 0 atom stereocenters. The molecule has 2 aromatic carbocycles. The highest BCUT2D eigenvalue weighted by atomic mass is 35.5. The summed E-state index contributed by atoms with van der Waals surface area (Å²) in [7, 11) is -0.721. The van der Waals surface area contributed by atoms with E-state index < -0.39 is 21.9 Å². The average Bonchev–Trinajstić information content (AvgIpc) is 2.61. The van der Waals surface area contributed by atoms with Crippen LogP contribution >= 0.6 is 11.6 Å². The number of hydrogen-bond acceptors (Lipinski definition) is 5. The summed E-state index contributed by atoms with van der Waals surface area (Å²) in [5.74, 6) is -1.02. The second-order valence-electron chi connectivity index (χ2n) is 5.87. The smallest absolute Gasteiger partial charge is 0.339 e. The molecule has 0 saturated heterocycles. The van der Waals surface area contributed by atoms with Gasteiger partial charge in [0, 0.05) is 18.3 Å². The molecule has 0 radical (unpaired) electrons. The topological polar surface area (TPSA) is 92.8 Å². The fourth-order valence-corrected chi connectivity index (χ4v) is 3.16. The van der Waals surface area contributed by atoms with Gasteiger partial charge in [0.2, 0.25) is 10.0 Å². The van der Waals surface area contributed by atoms with Crippen LogP contribution in [0.1, 0.15) is 26.3 Å². The molecule has 2 aromatic rings. The molecule has 2 rings (SSSR count). The summed E-state index contributed by atoms with van der Waals surface area (Å²) < 4.78 is 29.2. The second-order valence-corrected chi connectivity index (χ2v) is 8.29. The minimum absolute atomic E-state index is 0.137. The molecule has 0 saturated carbocycles. The maximum atomic E-state index is 12.5. The van der Waals surface area contributed by atoms with Crippen LogP contribution in [0.3, 0.4) is 0 Å². The number of hydrogen-bond donors (Lipinski definition) is 1. The molecule has 0 heterocycles. The number of anilines is 2. The minimum Gasteiger partial charge on any atom is -0.465 e. The van der Waals surface area contributed by atoms with Gasteiger partial charge in [-0.1, -0.05) is 11.6 Å². The number of benzene rings is 2. The molecule has 0 spiro atoms. The zero-order valence-corrected chi connectivity index (χ0v) is 16.8. The van der Waals surface area contributed by atoms with Gasteiger partial charge in [0.1, 0.15) is 0 Å². The molecule has 9 heteroatoms.